The molecule has 0 fully saturated rings. The molecule has 0 aromatic heterocycles. The van der Waals surface area contributed by atoms with Gasteiger partial charge in [-0.2, -0.15) is 0 Å². The van der Waals surface area contributed by atoms with E-state index < -0.39 is 5.97 Å². The molecule has 1 rings (SSSR count). The highest BCUT2D eigenvalue weighted by Crippen LogP contribution is 2.29. The Morgan fingerprint density at radius 3 is 2.84 bits per heavy atom. The van der Waals surface area contributed by atoms with Gasteiger partial charge in [0.1, 0.15) is 0 Å². The molecule has 106 valence electrons. The summed E-state index contributed by atoms with van der Waals surface area (Å²) < 4.78 is 9.95. The number of nitrogen functional groups attached to an aromatic ring is 1. The van der Waals surface area contributed by atoms with Gasteiger partial charge in [0.15, 0.2) is 0 Å². The second kappa shape index (κ2) is 7.86. The zero-order valence-electron chi connectivity index (χ0n) is 11.2. The first kappa shape index (κ1) is 15.6. The van der Waals surface area contributed by atoms with Gasteiger partial charge in [0.05, 0.1) is 22.9 Å². The number of hydrogen-bond acceptors (Lipinski definition) is 5. The predicted molar refractivity (Wildman–Crippen MR) is 76.8 cm³/mol. The second-order valence-corrected chi connectivity index (χ2v) is 4.33. The Balaban J connectivity index is 2.90. The zero-order valence-corrected chi connectivity index (χ0v) is 11.9. The van der Waals surface area contributed by atoms with Gasteiger partial charge in [0.2, 0.25) is 0 Å². The van der Waals surface area contributed by atoms with Crippen molar-refractivity contribution >= 4 is 28.9 Å². The second-order valence-electron chi connectivity index (χ2n) is 3.92. The van der Waals surface area contributed by atoms with Crippen molar-refractivity contribution in [2.75, 3.05) is 37.9 Å². The molecule has 19 heavy (non-hydrogen) atoms. The van der Waals surface area contributed by atoms with Crippen molar-refractivity contribution in [1.29, 1.82) is 0 Å². The molecule has 0 aliphatic heterocycles. The van der Waals surface area contributed by atoms with E-state index in [1.165, 1.54) is 0 Å². The van der Waals surface area contributed by atoms with E-state index in [1.54, 1.807) is 26.2 Å². The van der Waals surface area contributed by atoms with Crippen LogP contribution in [0.25, 0.3) is 0 Å². The third kappa shape index (κ3) is 4.61. The molecular formula is C13H19ClN2O3. The van der Waals surface area contributed by atoms with E-state index in [0.717, 1.165) is 6.42 Å². The lowest BCUT2D eigenvalue weighted by molar-refractivity contribution is 0.0527. The van der Waals surface area contributed by atoms with Crippen LogP contribution in [0.15, 0.2) is 12.1 Å². The first-order valence-corrected chi connectivity index (χ1v) is 6.46. The molecule has 0 bridgehead atoms. The summed E-state index contributed by atoms with van der Waals surface area (Å²) in [7, 11) is 1.64. The maximum Gasteiger partial charge on any atom is 0.340 e. The van der Waals surface area contributed by atoms with E-state index in [1.807, 2.05) is 0 Å². The fourth-order valence-electron chi connectivity index (χ4n) is 1.61. The van der Waals surface area contributed by atoms with Gasteiger partial charge in [-0.05, 0) is 25.5 Å². The summed E-state index contributed by atoms with van der Waals surface area (Å²) in [4.78, 5) is 11.9. The number of ether oxygens (including phenoxy) is 2. The number of nitrogens with two attached hydrogens (primary N) is 1. The van der Waals surface area contributed by atoms with Gasteiger partial charge in [-0.25, -0.2) is 4.79 Å². The summed E-state index contributed by atoms with van der Waals surface area (Å²) >= 11 is 6.11. The molecule has 0 amide bonds. The summed E-state index contributed by atoms with van der Waals surface area (Å²) in [6.45, 7) is 3.32. The lowest BCUT2D eigenvalue weighted by Crippen LogP contribution is -2.12. The Morgan fingerprint density at radius 1 is 1.47 bits per heavy atom. The van der Waals surface area contributed by atoms with Crippen molar-refractivity contribution in [3.05, 3.63) is 22.7 Å². The quantitative estimate of drug-likeness (QED) is 0.458. The number of carbonyl (C=O) groups is 1. The van der Waals surface area contributed by atoms with Crippen molar-refractivity contribution in [1.82, 2.24) is 0 Å². The van der Waals surface area contributed by atoms with Gasteiger partial charge >= 0.3 is 5.97 Å². The normalized spacial score (nSPS) is 10.3. The highest BCUT2D eigenvalue weighted by atomic mass is 35.5. The summed E-state index contributed by atoms with van der Waals surface area (Å²) in [5.41, 5.74) is 7.02. The molecule has 0 unspecified atom stereocenters. The van der Waals surface area contributed by atoms with Gasteiger partial charge in [-0.15, -0.1) is 0 Å². The van der Waals surface area contributed by atoms with E-state index >= 15 is 0 Å². The number of halogens is 1. The van der Waals surface area contributed by atoms with Crippen LogP contribution in [0.5, 0.6) is 0 Å². The van der Waals surface area contributed by atoms with Crippen LogP contribution in [0.4, 0.5) is 11.4 Å². The molecule has 0 atom stereocenters. The third-order valence-electron chi connectivity index (χ3n) is 2.43. The van der Waals surface area contributed by atoms with Gasteiger partial charge in [-0.1, -0.05) is 11.6 Å². The molecule has 6 heteroatoms. The number of esters is 1. The standard InChI is InChI=1S/C13H19ClN2O3/c1-3-19-13(17)10-7-9(15)8-11(14)12(10)16-5-4-6-18-2/h7-8,16H,3-6,15H2,1-2H3. The Morgan fingerprint density at radius 2 is 2.21 bits per heavy atom. The Hall–Kier alpha value is -1.46. The van der Waals surface area contributed by atoms with Gasteiger partial charge in [0.25, 0.3) is 0 Å². The first-order valence-electron chi connectivity index (χ1n) is 6.09. The third-order valence-corrected chi connectivity index (χ3v) is 2.73. The maximum atomic E-state index is 11.9. The van der Waals surface area contributed by atoms with E-state index in [0.29, 0.717) is 41.7 Å². The van der Waals surface area contributed by atoms with Crippen LogP contribution in [-0.4, -0.2) is 32.8 Å². The van der Waals surface area contributed by atoms with Crippen LogP contribution in [0, 0.1) is 0 Å². The molecule has 1 aromatic rings. The van der Waals surface area contributed by atoms with Crippen LogP contribution in [0.2, 0.25) is 5.02 Å². The first-order chi connectivity index (χ1) is 9.10. The summed E-state index contributed by atoms with van der Waals surface area (Å²) in [6.07, 6.45) is 0.805. The highest BCUT2D eigenvalue weighted by molar-refractivity contribution is 6.34. The number of rotatable bonds is 7. The number of anilines is 2. The highest BCUT2D eigenvalue weighted by Gasteiger charge is 2.16. The summed E-state index contributed by atoms with van der Waals surface area (Å²) in [5.74, 6) is -0.439. The van der Waals surface area contributed by atoms with Crippen molar-refractivity contribution in [2.45, 2.75) is 13.3 Å². The molecule has 1 aromatic carbocycles. The average Bonchev–Trinajstić information content (AvgIpc) is 2.36. The molecule has 5 nitrogen and oxygen atoms in total. The largest absolute Gasteiger partial charge is 0.462 e. The number of benzene rings is 1. The number of nitrogens with one attached hydrogen (secondary N) is 1. The fraction of sp³-hybridized carbons (Fsp3) is 0.462. The molecule has 0 saturated carbocycles. The van der Waals surface area contributed by atoms with Crippen molar-refractivity contribution in [2.24, 2.45) is 0 Å². The van der Waals surface area contributed by atoms with Crippen LogP contribution in [-0.2, 0) is 9.47 Å². The average molecular weight is 287 g/mol. The Kier molecular flexibility index (Phi) is 6.45. The Labute approximate surface area is 118 Å². The lowest BCUT2D eigenvalue weighted by atomic mass is 10.1. The zero-order chi connectivity index (χ0) is 14.3. The predicted octanol–water partition coefficient (Wildman–Crippen LogP) is 2.55. The van der Waals surface area contributed by atoms with Gasteiger partial charge in [-0.3, -0.25) is 0 Å². The van der Waals surface area contributed by atoms with Crippen LogP contribution < -0.4 is 11.1 Å². The van der Waals surface area contributed by atoms with Crippen molar-refractivity contribution in [3.63, 3.8) is 0 Å². The molecule has 0 aliphatic carbocycles. The minimum atomic E-state index is -0.439. The van der Waals surface area contributed by atoms with E-state index in [-0.39, 0.29) is 0 Å². The maximum absolute atomic E-state index is 11.9. The minimum absolute atomic E-state index is 0.300. The Bertz CT molecular complexity index is 438. The lowest BCUT2D eigenvalue weighted by Gasteiger charge is -2.14. The minimum Gasteiger partial charge on any atom is -0.462 e. The number of methoxy groups -OCH3 is 1. The summed E-state index contributed by atoms with van der Waals surface area (Å²) in [6, 6.07) is 3.16. The molecule has 0 saturated heterocycles. The van der Waals surface area contributed by atoms with Gasteiger partial charge in [0, 0.05) is 25.9 Å². The van der Waals surface area contributed by atoms with Crippen LogP contribution in [0.1, 0.15) is 23.7 Å². The molecule has 0 heterocycles. The molecule has 0 aliphatic rings. The SMILES string of the molecule is CCOC(=O)c1cc(N)cc(Cl)c1NCCCOC. The smallest absolute Gasteiger partial charge is 0.340 e. The number of carbonyl (C=O) groups excluding carboxylic acids is 1. The van der Waals surface area contributed by atoms with E-state index in [4.69, 9.17) is 26.8 Å². The van der Waals surface area contributed by atoms with Crippen LogP contribution >= 0.6 is 11.6 Å². The number of hydrogen-bond donors (Lipinski definition) is 2. The van der Waals surface area contributed by atoms with Gasteiger partial charge < -0.3 is 20.5 Å². The van der Waals surface area contributed by atoms with Crippen molar-refractivity contribution < 1.29 is 14.3 Å². The molecule has 0 radical (unpaired) electrons. The fourth-order valence-corrected chi connectivity index (χ4v) is 1.90. The molecule has 0 spiro atoms. The monoisotopic (exact) mass is 286 g/mol. The van der Waals surface area contributed by atoms with E-state index in [9.17, 15) is 4.79 Å². The molecule has 3 N–H and O–H groups in total. The van der Waals surface area contributed by atoms with Crippen molar-refractivity contribution in [3.8, 4) is 0 Å². The molecular weight excluding hydrogens is 268 g/mol. The summed E-state index contributed by atoms with van der Waals surface area (Å²) in [5, 5.41) is 3.52. The van der Waals surface area contributed by atoms with Crippen LogP contribution in [0.3, 0.4) is 0 Å². The van der Waals surface area contributed by atoms with E-state index in [2.05, 4.69) is 5.32 Å². The topological polar surface area (TPSA) is 73.6 Å².